The smallest absolute Gasteiger partial charge is 0.122 e. The van der Waals surface area contributed by atoms with Gasteiger partial charge in [-0.25, -0.2) is 0 Å². The van der Waals surface area contributed by atoms with E-state index >= 15 is 0 Å². The molecule has 0 saturated carbocycles. The van der Waals surface area contributed by atoms with Crippen molar-refractivity contribution in [3.8, 4) is 11.8 Å². The van der Waals surface area contributed by atoms with E-state index in [2.05, 4.69) is 22.0 Å². The van der Waals surface area contributed by atoms with E-state index in [0.717, 1.165) is 21.3 Å². The Morgan fingerprint density at radius 2 is 2.05 bits per heavy atom. The topological polar surface area (TPSA) is 33.0 Å². The highest BCUT2D eigenvalue weighted by Gasteiger charge is 2.05. The monoisotopic (exact) mass is 335 g/mol. The Labute approximate surface area is 125 Å². The summed E-state index contributed by atoms with van der Waals surface area (Å²) >= 11 is 9.51. The van der Waals surface area contributed by atoms with Crippen LogP contribution in [0.15, 0.2) is 40.9 Å². The molecule has 0 saturated heterocycles. The summed E-state index contributed by atoms with van der Waals surface area (Å²) in [4.78, 5) is 0. The lowest BCUT2D eigenvalue weighted by Gasteiger charge is -2.10. The third-order valence-electron chi connectivity index (χ3n) is 2.70. The molecule has 0 N–H and O–H groups in total. The molecule has 2 nitrogen and oxygen atoms in total. The summed E-state index contributed by atoms with van der Waals surface area (Å²) in [6.45, 7) is 2.37. The third kappa shape index (κ3) is 3.50. The molecular formula is C15H11BrClNO. The molecule has 19 heavy (non-hydrogen) atoms. The summed E-state index contributed by atoms with van der Waals surface area (Å²) in [5.74, 6) is 0.823. The van der Waals surface area contributed by atoms with Crippen LogP contribution in [0.25, 0.3) is 0 Å². The van der Waals surface area contributed by atoms with Crippen molar-refractivity contribution in [2.45, 2.75) is 13.5 Å². The van der Waals surface area contributed by atoms with Crippen molar-refractivity contribution < 1.29 is 4.74 Å². The van der Waals surface area contributed by atoms with E-state index in [1.165, 1.54) is 0 Å². The average Bonchev–Trinajstić information content (AvgIpc) is 2.39. The molecule has 2 rings (SSSR count). The van der Waals surface area contributed by atoms with E-state index in [4.69, 9.17) is 21.6 Å². The van der Waals surface area contributed by atoms with Gasteiger partial charge in [0.25, 0.3) is 0 Å². The van der Waals surface area contributed by atoms with E-state index < -0.39 is 0 Å². The molecule has 0 fully saturated rings. The van der Waals surface area contributed by atoms with Crippen molar-refractivity contribution in [3.63, 3.8) is 0 Å². The average molecular weight is 337 g/mol. The number of halogens is 2. The number of nitriles is 1. The number of ether oxygens (including phenoxy) is 1. The minimum Gasteiger partial charge on any atom is -0.489 e. The minimum absolute atomic E-state index is 0.382. The Morgan fingerprint density at radius 1 is 1.26 bits per heavy atom. The number of rotatable bonds is 3. The normalized spacial score (nSPS) is 10.0. The van der Waals surface area contributed by atoms with Crippen LogP contribution in [0.5, 0.6) is 5.75 Å². The van der Waals surface area contributed by atoms with Crippen molar-refractivity contribution in [1.29, 1.82) is 5.26 Å². The second-order valence-corrected chi connectivity index (χ2v) is 5.44. The fourth-order valence-electron chi connectivity index (χ4n) is 1.66. The van der Waals surface area contributed by atoms with Gasteiger partial charge in [-0.3, -0.25) is 0 Å². The van der Waals surface area contributed by atoms with Gasteiger partial charge in [0.2, 0.25) is 0 Å². The van der Waals surface area contributed by atoms with Crippen LogP contribution >= 0.6 is 27.5 Å². The maximum Gasteiger partial charge on any atom is 0.122 e. The van der Waals surface area contributed by atoms with Crippen molar-refractivity contribution >= 4 is 27.5 Å². The number of nitrogens with zero attached hydrogens (tertiary/aromatic N) is 1. The molecule has 0 aliphatic heterocycles. The Morgan fingerprint density at radius 3 is 2.68 bits per heavy atom. The first-order chi connectivity index (χ1) is 9.10. The highest BCUT2D eigenvalue weighted by atomic mass is 79.9. The molecule has 0 aromatic heterocycles. The summed E-state index contributed by atoms with van der Waals surface area (Å²) in [5.41, 5.74) is 2.47. The lowest BCUT2D eigenvalue weighted by atomic mass is 10.1. The van der Waals surface area contributed by atoms with Crippen LogP contribution in [0.1, 0.15) is 16.7 Å². The summed E-state index contributed by atoms with van der Waals surface area (Å²) in [6.07, 6.45) is 0. The maximum absolute atomic E-state index is 8.78. The number of hydrogen-bond acceptors (Lipinski definition) is 2. The second-order valence-electron chi connectivity index (χ2n) is 4.12. The molecule has 0 atom stereocenters. The van der Waals surface area contributed by atoms with Crippen molar-refractivity contribution in [2.24, 2.45) is 0 Å². The highest BCUT2D eigenvalue weighted by molar-refractivity contribution is 9.10. The molecule has 0 bridgehead atoms. The standard InChI is InChI=1S/C15H11BrClNO/c1-10-6-13(16)4-5-15(10)19-9-12-3-2-11(8-18)7-14(12)17/h2-7H,9H2,1H3. The summed E-state index contributed by atoms with van der Waals surface area (Å²) in [5, 5.41) is 9.33. The third-order valence-corrected chi connectivity index (χ3v) is 3.55. The first-order valence-electron chi connectivity index (χ1n) is 5.67. The molecule has 0 aliphatic carbocycles. The summed E-state index contributed by atoms with van der Waals surface area (Å²) < 4.78 is 6.77. The molecule has 0 unspecified atom stereocenters. The van der Waals surface area contributed by atoms with Crippen LogP contribution in [0, 0.1) is 18.3 Å². The molecular weight excluding hydrogens is 326 g/mol. The fourth-order valence-corrected chi connectivity index (χ4v) is 2.37. The lowest BCUT2D eigenvalue weighted by molar-refractivity contribution is 0.304. The van der Waals surface area contributed by atoms with Gasteiger partial charge >= 0.3 is 0 Å². The molecule has 0 radical (unpaired) electrons. The molecule has 96 valence electrons. The first-order valence-corrected chi connectivity index (χ1v) is 6.84. The van der Waals surface area contributed by atoms with Crippen molar-refractivity contribution in [2.75, 3.05) is 0 Å². The predicted molar refractivity (Wildman–Crippen MR) is 79.4 cm³/mol. The van der Waals surface area contributed by atoms with Crippen LogP contribution in [-0.2, 0) is 6.61 Å². The van der Waals surface area contributed by atoms with Crippen molar-refractivity contribution in [1.82, 2.24) is 0 Å². The largest absolute Gasteiger partial charge is 0.489 e. The Hall–Kier alpha value is -1.50. The quantitative estimate of drug-likeness (QED) is 0.801. The lowest BCUT2D eigenvalue weighted by Crippen LogP contribution is -1.98. The zero-order chi connectivity index (χ0) is 13.8. The zero-order valence-corrected chi connectivity index (χ0v) is 12.6. The Balaban J connectivity index is 2.13. The second kappa shape index (κ2) is 6.10. The van der Waals surface area contributed by atoms with Gasteiger partial charge in [0.1, 0.15) is 12.4 Å². The van der Waals surface area contributed by atoms with Gasteiger partial charge in [-0.15, -0.1) is 0 Å². The summed E-state index contributed by atoms with van der Waals surface area (Å²) in [6, 6.07) is 13.1. The van der Waals surface area contributed by atoms with Crippen LogP contribution in [0.4, 0.5) is 0 Å². The van der Waals surface area contributed by atoms with Gasteiger partial charge in [0.05, 0.1) is 11.6 Å². The number of benzene rings is 2. The molecule has 2 aromatic carbocycles. The van der Waals surface area contributed by atoms with E-state index in [1.54, 1.807) is 12.1 Å². The van der Waals surface area contributed by atoms with E-state index in [1.807, 2.05) is 31.2 Å². The van der Waals surface area contributed by atoms with Gasteiger partial charge in [0, 0.05) is 15.1 Å². The predicted octanol–water partition coefficient (Wildman–Crippen LogP) is 4.86. The van der Waals surface area contributed by atoms with E-state index in [0.29, 0.717) is 17.2 Å². The van der Waals surface area contributed by atoms with E-state index in [9.17, 15) is 0 Å². The SMILES string of the molecule is Cc1cc(Br)ccc1OCc1ccc(C#N)cc1Cl. The molecule has 0 spiro atoms. The fraction of sp³-hybridized carbons (Fsp3) is 0.133. The molecule has 4 heteroatoms. The zero-order valence-electron chi connectivity index (χ0n) is 10.3. The molecule has 0 aliphatic rings. The van der Waals surface area contributed by atoms with Gasteiger partial charge < -0.3 is 4.74 Å². The van der Waals surface area contributed by atoms with Crippen LogP contribution in [0.2, 0.25) is 5.02 Å². The van der Waals surface area contributed by atoms with Crippen LogP contribution in [0.3, 0.4) is 0 Å². The number of aryl methyl sites for hydroxylation is 1. The number of hydrogen-bond donors (Lipinski definition) is 0. The van der Waals surface area contributed by atoms with Crippen molar-refractivity contribution in [3.05, 3.63) is 62.6 Å². The van der Waals surface area contributed by atoms with Crippen LogP contribution in [-0.4, -0.2) is 0 Å². The highest BCUT2D eigenvalue weighted by Crippen LogP contribution is 2.24. The summed E-state index contributed by atoms with van der Waals surface area (Å²) in [7, 11) is 0. The van der Waals surface area contributed by atoms with Gasteiger partial charge in [-0.05, 0) is 42.8 Å². The Bertz CT molecular complexity index is 649. The van der Waals surface area contributed by atoms with Gasteiger partial charge in [-0.2, -0.15) is 5.26 Å². The minimum atomic E-state index is 0.382. The van der Waals surface area contributed by atoms with E-state index in [-0.39, 0.29) is 0 Å². The molecule has 2 aromatic rings. The van der Waals surface area contributed by atoms with Gasteiger partial charge in [0.15, 0.2) is 0 Å². The maximum atomic E-state index is 8.78. The van der Waals surface area contributed by atoms with Gasteiger partial charge in [-0.1, -0.05) is 33.6 Å². The molecule has 0 heterocycles. The van der Waals surface area contributed by atoms with Crippen LogP contribution < -0.4 is 4.74 Å². The Kier molecular flexibility index (Phi) is 4.47. The first kappa shape index (κ1) is 13.9. The molecule has 0 amide bonds.